The van der Waals surface area contributed by atoms with Gasteiger partial charge in [-0.15, -0.1) is 0 Å². The molecule has 0 atom stereocenters. The Bertz CT molecular complexity index is 178. The van der Waals surface area contributed by atoms with Crippen LogP contribution in [0, 0.1) is 0 Å². The summed E-state index contributed by atoms with van der Waals surface area (Å²) in [4.78, 5) is 10.9. The topological polar surface area (TPSA) is 52.3 Å². The third-order valence-electron chi connectivity index (χ3n) is 2.33. The largest absolute Gasteiger partial charge is 0.469 e. The van der Waals surface area contributed by atoms with E-state index < -0.39 is 0 Å². The van der Waals surface area contributed by atoms with E-state index in [0.717, 1.165) is 12.8 Å². The molecule has 1 rings (SSSR count). The molecule has 0 amide bonds. The zero-order chi connectivity index (χ0) is 9.19. The van der Waals surface area contributed by atoms with Gasteiger partial charge in [0.25, 0.3) is 0 Å². The Morgan fingerprint density at radius 1 is 1.75 bits per heavy atom. The molecule has 12 heavy (non-hydrogen) atoms. The van der Waals surface area contributed by atoms with Gasteiger partial charge in [-0.2, -0.15) is 11.8 Å². The lowest BCUT2D eigenvalue weighted by Crippen LogP contribution is -2.54. The summed E-state index contributed by atoms with van der Waals surface area (Å²) in [6.45, 7) is 0. The average Bonchev–Trinajstić information content (AvgIpc) is 1.99. The maximum absolute atomic E-state index is 10.9. The Labute approximate surface area is 77.0 Å². The standard InChI is InChI=1S/C8H15NO2S/c1-11-7(10)5-8(9)3-6(4-8)12-2/h6H,3-5,9H2,1-2H3. The van der Waals surface area contributed by atoms with Crippen molar-refractivity contribution in [3.63, 3.8) is 0 Å². The van der Waals surface area contributed by atoms with Crippen molar-refractivity contribution >= 4 is 17.7 Å². The van der Waals surface area contributed by atoms with Gasteiger partial charge in [-0.25, -0.2) is 0 Å². The highest BCUT2D eigenvalue weighted by molar-refractivity contribution is 7.99. The summed E-state index contributed by atoms with van der Waals surface area (Å²) in [5.74, 6) is -0.197. The van der Waals surface area contributed by atoms with E-state index in [1.165, 1.54) is 7.11 Å². The van der Waals surface area contributed by atoms with Crippen molar-refractivity contribution in [2.75, 3.05) is 13.4 Å². The number of hydrogen-bond acceptors (Lipinski definition) is 4. The van der Waals surface area contributed by atoms with Crippen molar-refractivity contribution in [1.82, 2.24) is 0 Å². The van der Waals surface area contributed by atoms with Crippen LogP contribution in [0.25, 0.3) is 0 Å². The smallest absolute Gasteiger partial charge is 0.307 e. The van der Waals surface area contributed by atoms with Gasteiger partial charge in [-0.05, 0) is 19.1 Å². The summed E-state index contributed by atoms with van der Waals surface area (Å²) >= 11 is 1.82. The highest BCUT2D eigenvalue weighted by Gasteiger charge is 2.42. The van der Waals surface area contributed by atoms with E-state index in [0.29, 0.717) is 11.7 Å². The van der Waals surface area contributed by atoms with Gasteiger partial charge in [-0.1, -0.05) is 0 Å². The molecular formula is C8H15NO2S. The summed E-state index contributed by atoms with van der Waals surface area (Å²) in [6.07, 6.45) is 4.30. The van der Waals surface area contributed by atoms with Gasteiger partial charge < -0.3 is 10.5 Å². The first kappa shape index (κ1) is 9.86. The van der Waals surface area contributed by atoms with Crippen LogP contribution in [0.2, 0.25) is 0 Å². The maximum Gasteiger partial charge on any atom is 0.307 e. The van der Waals surface area contributed by atoms with Gasteiger partial charge in [0.1, 0.15) is 0 Å². The monoisotopic (exact) mass is 189 g/mol. The van der Waals surface area contributed by atoms with Crippen molar-refractivity contribution in [1.29, 1.82) is 0 Å². The van der Waals surface area contributed by atoms with Crippen LogP contribution < -0.4 is 5.73 Å². The Morgan fingerprint density at radius 2 is 2.33 bits per heavy atom. The highest BCUT2D eigenvalue weighted by atomic mass is 32.2. The molecule has 70 valence electrons. The number of hydrogen-bond donors (Lipinski definition) is 1. The number of esters is 1. The number of carbonyl (C=O) groups excluding carboxylic acids is 1. The van der Waals surface area contributed by atoms with E-state index in [1.54, 1.807) is 0 Å². The van der Waals surface area contributed by atoms with E-state index in [4.69, 9.17) is 5.73 Å². The molecule has 0 spiro atoms. The fourth-order valence-corrected chi connectivity index (χ4v) is 2.51. The third kappa shape index (κ3) is 2.14. The van der Waals surface area contributed by atoms with Crippen LogP contribution >= 0.6 is 11.8 Å². The summed E-state index contributed by atoms with van der Waals surface area (Å²) in [6, 6.07) is 0. The lowest BCUT2D eigenvalue weighted by molar-refractivity contribution is -0.142. The molecule has 1 fully saturated rings. The van der Waals surface area contributed by atoms with Gasteiger partial charge in [0.2, 0.25) is 0 Å². The van der Waals surface area contributed by atoms with Crippen LogP contribution in [0.5, 0.6) is 0 Å². The predicted octanol–water partition coefficient (Wildman–Crippen LogP) is 0.772. The minimum Gasteiger partial charge on any atom is -0.469 e. The SMILES string of the molecule is COC(=O)CC1(N)CC(SC)C1. The summed E-state index contributed by atoms with van der Waals surface area (Å²) < 4.78 is 4.56. The van der Waals surface area contributed by atoms with Crippen molar-refractivity contribution in [3.05, 3.63) is 0 Å². The van der Waals surface area contributed by atoms with Crippen molar-refractivity contribution < 1.29 is 9.53 Å². The molecule has 1 saturated carbocycles. The van der Waals surface area contributed by atoms with Crippen molar-refractivity contribution in [2.24, 2.45) is 5.73 Å². The zero-order valence-electron chi connectivity index (χ0n) is 7.50. The summed E-state index contributed by atoms with van der Waals surface area (Å²) in [7, 11) is 1.40. The van der Waals surface area contributed by atoms with Crippen LogP contribution in [0.4, 0.5) is 0 Å². The van der Waals surface area contributed by atoms with Gasteiger partial charge in [0.15, 0.2) is 0 Å². The average molecular weight is 189 g/mol. The normalized spacial score (nSPS) is 34.1. The molecule has 0 heterocycles. The molecule has 0 aromatic carbocycles. The van der Waals surface area contributed by atoms with Gasteiger partial charge in [0.05, 0.1) is 13.5 Å². The molecule has 0 aliphatic heterocycles. The van der Waals surface area contributed by atoms with Crippen LogP contribution in [-0.4, -0.2) is 30.1 Å². The summed E-state index contributed by atoms with van der Waals surface area (Å²) in [5, 5.41) is 0.639. The Morgan fingerprint density at radius 3 is 2.75 bits per heavy atom. The molecule has 0 unspecified atom stereocenters. The number of ether oxygens (including phenoxy) is 1. The first-order chi connectivity index (χ1) is 5.59. The van der Waals surface area contributed by atoms with E-state index in [1.807, 2.05) is 11.8 Å². The first-order valence-corrected chi connectivity index (χ1v) is 5.27. The second kappa shape index (κ2) is 3.66. The lowest BCUT2D eigenvalue weighted by Gasteiger charge is -2.43. The number of methoxy groups -OCH3 is 1. The molecule has 0 saturated heterocycles. The number of nitrogens with two attached hydrogens (primary N) is 1. The maximum atomic E-state index is 10.9. The van der Waals surface area contributed by atoms with Crippen LogP contribution in [0.15, 0.2) is 0 Å². The summed E-state index contributed by atoms with van der Waals surface area (Å²) in [5.41, 5.74) is 5.65. The van der Waals surface area contributed by atoms with E-state index in [-0.39, 0.29) is 11.5 Å². The number of thioether (sulfide) groups is 1. The van der Waals surface area contributed by atoms with Crippen LogP contribution in [-0.2, 0) is 9.53 Å². The third-order valence-corrected chi connectivity index (χ3v) is 3.33. The van der Waals surface area contributed by atoms with E-state index in [9.17, 15) is 4.79 Å². The molecule has 4 heteroatoms. The second-order valence-corrected chi connectivity index (χ2v) is 4.52. The molecule has 0 aromatic rings. The highest BCUT2D eigenvalue weighted by Crippen LogP contribution is 2.39. The predicted molar refractivity (Wildman–Crippen MR) is 50.1 cm³/mol. The second-order valence-electron chi connectivity index (χ2n) is 3.38. The van der Waals surface area contributed by atoms with Crippen molar-refractivity contribution in [2.45, 2.75) is 30.1 Å². The molecular weight excluding hydrogens is 174 g/mol. The van der Waals surface area contributed by atoms with Gasteiger partial charge in [0, 0.05) is 10.8 Å². The Balaban J connectivity index is 2.30. The van der Waals surface area contributed by atoms with Crippen molar-refractivity contribution in [3.8, 4) is 0 Å². The fourth-order valence-electron chi connectivity index (χ4n) is 1.52. The number of carbonyl (C=O) groups is 1. The molecule has 0 radical (unpaired) electrons. The lowest BCUT2D eigenvalue weighted by atomic mass is 9.75. The Hall–Kier alpha value is -0.220. The quantitative estimate of drug-likeness (QED) is 0.666. The van der Waals surface area contributed by atoms with E-state index >= 15 is 0 Å². The first-order valence-electron chi connectivity index (χ1n) is 3.98. The molecule has 3 nitrogen and oxygen atoms in total. The Kier molecular flexibility index (Phi) is 3.01. The molecule has 0 bridgehead atoms. The van der Waals surface area contributed by atoms with E-state index in [2.05, 4.69) is 11.0 Å². The fraction of sp³-hybridized carbons (Fsp3) is 0.875. The molecule has 0 aromatic heterocycles. The van der Waals surface area contributed by atoms with Crippen LogP contribution in [0.1, 0.15) is 19.3 Å². The molecule has 1 aliphatic carbocycles. The van der Waals surface area contributed by atoms with Gasteiger partial charge >= 0.3 is 5.97 Å². The minimum absolute atomic E-state index is 0.197. The minimum atomic E-state index is -0.277. The number of rotatable bonds is 3. The van der Waals surface area contributed by atoms with Gasteiger partial charge in [-0.3, -0.25) is 4.79 Å². The zero-order valence-corrected chi connectivity index (χ0v) is 8.32. The van der Waals surface area contributed by atoms with Crippen LogP contribution in [0.3, 0.4) is 0 Å². The molecule has 1 aliphatic rings. The molecule has 2 N–H and O–H groups in total.